The molecule has 3 heteroatoms. The van der Waals surface area contributed by atoms with Gasteiger partial charge in [0, 0.05) is 29.5 Å². The zero-order valence-corrected chi connectivity index (χ0v) is 8.38. The van der Waals surface area contributed by atoms with Gasteiger partial charge in [0.1, 0.15) is 0 Å². The fourth-order valence-electron chi connectivity index (χ4n) is 1.46. The fraction of sp³-hybridized carbons (Fsp3) is 0.0909. The summed E-state index contributed by atoms with van der Waals surface area (Å²) in [5.41, 5.74) is 9.01. The molecule has 0 aliphatic rings. The van der Waals surface area contributed by atoms with Crippen molar-refractivity contribution in [2.45, 2.75) is 6.54 Å². The van der Waals surface area contributed by atoms with E-state index in [0.717, 1.165) is 21.7 Å². The molecule has 3 N–H and O–H groups in total. The molecular formula is C11H11ClN2. The molecule has 1 heterocycles. The molecule has 72 valence electrons. The lowest BCUT2D eigenvalue weighted by atomic mass is 10.1. The Kier molecular flexibility index (Phi) is 2.57. The molecule has 0 radical (unpaired) electrons. The van der Waals surface area contributed by atoms with Crippen LogP contribution in [0.4, 0.5) is 0 Å². The number of hydrogen-bond donors (Lipinski definition) is 2. The first-order valence-corrected chi connectivity index (χ1v) is 4.80. The molecule has 0 atom stereocenters. The number of H-pyrrole nitrogens is 1. The van der Waals surface area contributed by atoms with Crippen LogP contribution in [0.25, 0.3) is 11.1 Å². The highest BCUT2D eigenvalue weighted by Gasteiger charge is 2.03. The predicted molar refractivity (Wildman–Crippen MR) is 59.1 cm³/mol. The predicted octanol–water partition coefficient (Wildman–Crippen LogP) is 2.79. The normalized spacial score (nSPS) is 10.4. The van der Waals surface area contributed by atoms with Crippen LogP contribution in [0.2, 0.25) is 5.02 Å². The number of hydrogen-bond acceptors (Lipinski definition) is 1. The molecule has 14 heavy (non-hydrogen) atoms. The maximum atomic E-state index is 5.81. The van der Waals surface area contributed by atoms with Crippen LogP contribution in [0.15, 0.2) is 36.7 Å². The van der Waals surface area contributed by atoms with E-state index in [1.807, 2.05) is 36.7 Å². The third kappa shape index (κ3) is 1.67. The van der Waals surface area contributed by atoms with Gasteiger partial charge in [-0.25, -0.2) is 0 Å². The van der Waals surface area contributed by atoms with Gasteiger partial charge in [-0.3, -0.25) is 0 Å². The Morgan fingerprint density at radius 2 is 1.86 bits per heavy atom. The average Bonchev–Trinajstić information content (AvgIpc) is 2.67. The number of nitrogens with two attached hydrogens (primary N) is 1. The average molecular weight is 207 g/mol. The molecule has 1 aromatic heterocycles. The Hall–Kier alpha value is -1.25. The van der Waals surface area contributed by atoms with Crippen molar-refractivity contribution in [3.63, 3.8) is 0 Å². The molecule has 0 fully saturated rings. The van der Waals surface area contributed by atoms with Crippen molar-refractivity contribution in [3.05, 3.63) is 47.2 Å². The van der Waals surface area contributed by atoms with Gasteiger partial charge in [-0.1, -0.05) is 23.7 Å². The third-order valence-electron chi connectivity index (χ3n) is 2.21. The molecule has 0 unspecified atom stereocenters. The van der Waals surface area contributed by atoms with Gasteiger partial charge in [0.2, 0.25) is 0 Å². The second-order valence-electron chi connectivity index (χ2n) is 3.11. The van der Waals surface area contributed by atoms with Crippen LogP contribution in [0.5, 0.6) is 0 Å². The van der Waals surface area contributed by atoms with Gasteiger partial charge < -0.3 is 10.7 Å². The van der Waals surface area contributed by atoms with Crippen molar-refractivity contribution in [2.24, 2.45) is 5.73 Å². The first-order chi connectivity index (χ1) is 6.81. The summed E-state index contributed by atoms with van der Waals surface area (Å²) in [6.07, 6.45) is 3.87. The summed E-state index contributed by atoms with van der Waals surface area (Å²) >= 11 is 5.81. The number of aromatic nitrogens is 1. The minimum absolute atomic E-state index is 0.543. The molecule has 1 aromatic carbocycles. The van der Waals surface area contributed by atoms with Crippen molar-refractivity contribution in [2.75, 3.05) is 0 Å². The van der Waals surface area contributed by atoms with E-state index < -0.39 is 0 Å². The van der Waals surface area contributed by atoms with E-state index in [2.05, 4.69) is 4.98 Å². The second-order valence-corrected chi connectivity index (χ2v) is 3.54. The topological polar surface area (TPSA) is 41.8 Å². The molecule has 2 aromatic rings. The maximum Gasteiger partial charge on any atom is 0.0406 e. The van der Waals surface area contributed by atoms with Gasteiger partial charge >= 0.3 is 0 Å². The van der Waals surface area contributed by atoms with E-state index >= 15 is 0 Å². The molecule has 0 aliphatic heterocycles. The Bertz CT molecular complexity index is 417. The summed E-state index contributed by atoms with van der Waals surface area (Å²) in [6.45, 7) is 0.543. The van der Waals surface area contributed by atoms with Crippen LogP contribution >= 0.6 is 11.6 Å². The smallest absolute Gasteiger partial charge is 0.0406 e. The van der Waals surface area contributed by atoms with Crippen LogP contribution < -0.4 is 5.73 Å². The molecule has 0 spiro atoms. The first kappa shape index (κ1) is 9.31. The monoisotopic (exact) mass is 206 g/mol. The van der Waals surface area contributed by atoms with Crippen molar-refractivity contribution >= 4 is 11.6 Å². The summed E-state index contributed by atoms with van der Waals surface area (Å²) in [4.78, 5) is 3.05. The van der Waals surface area contributed by atoms with E-state index in [4.69, 9.17) is 17.3 Å². The molecule has 0 saturated heterocycles. The van der Waals surface area contributed by atoms with E-state index in [9.17, 15) is 0 Å². The Balaban J connectivity index is 2.44. The lowest BCUT2D eigenvalue weighted by Crippen LogP contribution is -1.95. The van der Waals surface area contributed by atoms with E-state index in [1.165, 1.54) is 0 Å². The zero-order chi connectivity index (χ0) is 9.97. The SMILES string of the molecule is NCc1c[nH]cc1-c1ccc(Cl)cc1. The van der Waals surface area contributed by atoms with Crippen LogP contribution in [-0.4, -0.2) is 4.98 Å². The maximum absolute atomic E-state index is 5.81. The summed E-state index contributed by atoms with van der Waals surface area (Å²) in [5, 5.41) is 0.749. The Morgan fingerprint density at radius 1 is 1.14 bits per heavy atom. The quantitative estimate of drug-likeness (QED) is 0.780. The van der Waals surface area contributed by atoms with Crippen molar-refractivity contribution in [1.29, 1.82) is 0 Å². The lowest BCUT2D eigenvalue weighted by molar-refractivity contribution is 1.08. The molecule has 2 rings (SSSR count). The van der Waals surface area contributed by atoms with E-state index in [0.29, 0.717) is 6.54 Å². The summed E-state index contributed by atoms with van der Waals surface area (Å²) in [7, 11) is 0. The van der Waals surface area contributed by atoms with Crippen LogP contribution in [-0.2, 0) is 6.54 Å². The molecule has 0 aliphatic carbocycles. The molecule has 0 bridgehead atoms. The van der Waals surface area contributed by atoms with Crippen molar-refractivity contribution in [3.8, 4) is 11.1 Å². The molecule has 2 nitrogen and oxygen atoms in total. The van der Waals surface area contributed by atoms with Crippen LogP contribution in [0.3, 0.4) is 0 Å². The Labute approximate surface area is 87.7 Å². The minimum Gasteiger partial charge on any atom is -0.367 e. The standard InChI is InChI=1S/C11H11ClN2/c12-10-3-1-8(2-4-10)11-7-14-6-9(11)5-13/h1-4,6-7,14H,5,13H2. The number of halogens is 1. The lowest BCUT2D eigenvalue weighted by Gasteiger charge is -2.01. The third-order valence-corrected chi connectivity index (χ3v) is 2.46. The van der Waals surface area contributed by atoms with E-state index in [1.54, 1.807) is 0 Å². The van der Waals surface area contributed by atoms with Crippen LogP contribution in [0, 0.1) is 0 Å². The number of aromatic amines is 1. The van der Waals surface area contributed by atoms with Gasteiger partial charge in [0.25, 0.3) is 0 Å². The minimum atomic E-state index is 0.543. The van der Waals surface area contributed by atoms with Crippen molar-refractivity contribution < 1.29 is 0 Å². The van der Waals surface area contributed by atoms with Gasteiger partial charge in [-0.15, -0.1) is 0 Å². The summed E-state index contributed by atoms with van der Waals surface area (Å²) in [5.74, 6) is 0. The van der Waals surface area contributed by atoms with Gasteiger partial charge in [-0.2, -0.15) is 0 Å². The highest BCUT2D eigenvalue weighted by atomic mass is 35.5. The summed E-state index contributed by atoms with van der Waals surface area (Å²) in [6, 6.07) is 7.74. The Morgan fingerprint density at radius 3 is 2.50 bits per heavy atom. The second kappa shape index (κ2) is 3.86. The van der Waals surface area contributed by atoms with Crippen LogP contribution in [0.1, 0.15) is 5.56 Å². The number of rotatable bonds is 2. The molecular weight excluding hydrogens is 196 g/mol. The zero-order valence-electron chi connectivity index (χ0n) is 7.63. The largest absolute Gasteiger partial charge is 0.367 e. The highest BCUT2D eigenvalue weighted by molar-refractivity contribution is 6.30. The number of benzene rings is 1. The van der Waals surface area contributed by atoms with Gasteiger partial charge in [0.15, 0.2) is 0 Å². The molecule has 0 saturated carbocycles. The van der Waals surface area contributed by atoms with E-state index in [-0.39, 0.29) is 0 Å². The fourth-order valence-corrected chi connectivity index (χ4v) is 1.59. The summed E-state index contributed by atoms with van der Waals surface area (Å²) < 4.78 is 0. The van der Waals surface area contributed by atoms with Gasteiger partial charge in [-0.05, 0) is 23.3 Å². The molecule has 0 amide bonds. The van der Waals surface area contributed by atoms with Crippen molar-refractivity contribution in [1.82, 2.24) is 4.98 Å². The first-order valence-electron chi connectivity index (χ1n) is 4.43. The van der Waals surface area contributed by atoms with Gasteiger partial charge in [0.05, 0.1) is 0 Å². The number of nitrogens with one attached hydrogen (secondary N) is 1. The highest BCUT2D eigenvalue weighted by Crippen LogP contribution is 2.24.